The molecule has 0 radical (unpaired) electrons. The van der Waals surface area contributed by atoms with Gasteiger partial charge in [0.25, 0.3) is 0 Å². The summed E-state index contributed by atoms with van der Waals surface area (Å²) in [5, 5.41) is 3.39. The maximum atomic E-state index is 5.79. The molecule has 0 amide bonds. The van der Waals surface area contributed by atoms with Gasteiger partial charge in [-0.15, -0.1) is 0 Å². The van der Waals surface area contributed by atoms with Crippen LogP contribution in [-0.4, -0.2) is 39.0 Å². The van der Waals surface area contributed by atoms with Gasteiger partial charge >= 0.3 is 0 Å². The minimum absolute atomic E-state index is 0.307. The molecule has 17 heavy (non-hydrogen) atoms. The molecule has 0 saturated heterocycles. The molecule has 1 N–H and O–H groups in total. The van der Waals surface area contributed by atoms with Gasteiger partial charge in [0.15, 0.2) is 0 Å². The van der Waals surface area contributed by atoms with E-state index in [1.807, 2.05) is 6.92 Å². The molecule has 0 aromatic carbocycles. The van der Waals surface area contributed by atoms with Crippen molar-refractivity contribution in [3.8, 4) is 0 Å². The topological polar surface area (TPSA) is 30.5 Å². The van der Waals surface area contributed by atoms with E-state index in [2.05, 4.69) is 26.1 Å². The first-order chi connectivity index (χ1) is 8.20. The Morgan fingerprint density at radius 1 is 1.18 bits per heavy atom. The molecule has 2 unspecified atom stereocenters. The maximum absolute atomic E-state index is 5.79. The van der Waals surface area contributed by atoms with Crippen LogP contribution in [0.3, 0.4) is 0 Å². The molecule has 0 rings (SSSR count). The minimum atomic E-state index is 0.307. The van der Waals surface area contributed by atoms with Crippen LogP contribution in [0.25, 0.3) is 0 Å². The van der Waals surface area contributed by atoms with Gasteiger partial charge in [-0.3, -0.25) is 0 Å². The Kier molecular flexibility index (Phi) is 12.3. The molecule has 3 heteroatoms. The summed E-state index contributed by atoms with van der Waals surface area (Å²) in [6, 6.07) is 0. The van der Waals surface area contributed by atoms with E-state index in [1.165, 1.54) is 12.8 Å². The van der Waals surface area contributed by atoms with Gasteiger partial charge in [-0.1, -0.05) is 20.3 Å². The molecule has 0 aromatic heterocycles. The summed E-state index contributed by atoms with van der Waals surface area (Å²) in [5.41, 5.74) is 0. The second-order valence-corrected chi connectivity index (χ2v) is 4.79. The first-order valence-corrected chi connectivity index (χ1v) is 7.10. The van der Waals surface area contributed by atoms with E-state index in [9.17, 15) is 0 Å². The lowest BCUT2D eigenvalue weighted by Crippen LogP contribution is -2.29. The third-order valence-corrected chi connectivity index (χ3v) is 2.72. The summed E-state index contributed by atoms with van der Waals surface area (Å²) in [4.78, 5) is 0. The lowest BCUT2D eigenvalue weighted by Gasteiger charge is -2.17. The molecule has 3 nitrogen and oxygen atoms in total. The molecule has 2 atom stereocenters. The highest BCUT2D eigenvalue weighted by Gasteiger charge is 2.05. The highest BCUT2D eigenvalue weighted by Crippen LogP contribution is 2.06. The van der Waals surface area contributed by atoms with Crippen molar-refractivity contribution in [1.82, 2.24) is 5.32 Å². The highest BCUT2D eigenvalue weighted by atomic mass is 16.5. The molecule has 0 spiro atoms. The quantitative estimate of drug-likeness (QED) is 0.536. The zero-order valence-corrected chi connectivity index (χ0v) is 12.1. The van der Waals surface area contributed by atoms with Gasteiger partial charge < -0.3 is 14.8 Å². The lowest BCUT2D eigenvalue weighted by molar-refractivity contribution is 0.0418. The zero-order chi connectivity index (χ0) is 12.9. The van der Waals surface area contributed by atoms with E-state index in [4.69, 9.17) is 9.47 Å². The van der Waals surface area contributed by atoms with Crippen molar-refractivity contribution >= 4 is 0 Å². The summed E-state index contributed by atoms with van der Waals surface area (Å²) in [6.07, 6.45) is 3.89. The molecule has 0 bridgehead atoms. The Hall–Kier alpha value is -0.120. The van der Waals surface area contributed by atoms with Crippen LogP contribution in [0.15, 0.2) is 0 Å². The minimum Gasteiger partial charge on any atom is -0.382 e. The summed E-state index contributed by atoms with van der Waals surface area (Å²) in [7, 11) is 0. The van der Waals surface area contributed by atoms with Crippen LogP contribution < -0.4 is 5.32 Å². The summed E-state index contributed by atoms with van der Waals surface area (Å²) in [5.74, 6) is 0.681. The van der Waals surface area contributed by atoms with Crippen LogP contribution in [0.4, 0.5) is 0 Å². The van der Waals surface area contributed by atoms with Gasteiger partial charge in [-0.05, 0) is 39.2 Å². The maximum Gasteiger partial charge on any atom is 0.0671 e. The number of rotatable bonds is 12. The molecule has 0 fully saturated rings. The van der Waals surface area contributed by atoms with E-state index in [1.54, 1.807) is 0 Å². The van der Waals surface area contributed by atoms with Crippen LogP contribution >= 0.6 is 0 Å². The van der Waals surface area contributed by atoms with Gasteiger partial charge in [0, 0.05) is 26.4 Å². The van der Waals surface area contributed by atoms with Crippen molar-refractivity contribution in [2.24, 2.45) is 5.92 Å². The third-order valence-electron chi connectivity index (χ3n) is 2.72. The summed E-state index contributed by atoms with van der Waals surface area (Å²) in [6.45, 7) is 13.1. The SMILES string of the molecule is CCCC(C)COC(C)CNCCCOCC. The van der Waals surface area contributed by atoms with Crippen molar-refractivity contribution in [3.05, 3.63) is 0 Å². The van der Waals surface area contributed by atoms with E-state index >= 15 is 0 Å². The predicted molar refractivity (Wildman–Crippen MR) is 73.5 cm³/mol. The van der Waals surface area contributed by atoms with E-state index in [-0.39, 0.29) is 0 Å². The smallest absolute Gasteiger partial charge is 0.0671 e. The second kappa shape index (κ2) is 12.3. The second-order valence-electron chi connectivity index (χ2n) is 4.79. The fourth-order valence-corrected chi connectivity index (χ4v) is 1.71. The van der Waals surface area contributed by atoms with Gasteiger partial charge in [-0.2, -0.15) is 0 Å². The first-order valence-electron chi connectivity index (χ1n) is 7.10. The number of hydrogen-bond donors (Lipinski definition) is 1. The average Bonchev–Trinajstić information content (AvgIpc) is 2.31. The van der Waals surface area contributed by atoms with Crippen LogP contribution in [0.2, 0.25) is 0 Å². The van der Waals surface area contributed by atoms with Crippen molar-refractivity contribution in [2.75, 3.05) is 32.9 Å². The summed E-state index contributed by atoms with van der Waals surface area (Å²) >= 11 is 0. The van der Waals surface area contributed by atoms with Gasteiger partial charge in [0.2, 0.25) is 0 Å². The average molecular weight is 245 g/mol. The molecule has 0 saturated carbocycles. The molecule has 0 aliphatic heterocycles. The van der Waals surface area contributed by atoms with Gasteiger partial charge in [-0.25, -0.2) is 0 Å². The predicted octanol–water partition coefficient (Wildman–Crippen LogP) is 2.84. The fraction of sp³-hybridized carbons (Fsp3) is 1.00. The highest BCUT2D eigenvalue weighted by molar-refractivity contribution is 4.57. The number of hydrogen-bond acceptors (Lipinski definition) is 3. The Morgan fingerprint density at radius 3 is 2.59 bits per heavy atom. The monoisotopic (exact) mass is 245 g/mol. The van der Waals surface area contributed by atoms with Crippen molar-refractivity contribution in [3.63, 3.8) is 0 Å². The summed E-state index contributed by atoms with van der Waals surface area (Å²) < 4.78 is 11.1. The normalized spacial score (nSPS) is 14.8. The molecular formula is C14H31NO2. The first kappa shape index (κ1) is 16.9. The third kappa shape index (κ3) is 12.1. The van der Waals surface area contributed by atoms with Gasteiger partial charge in [0.1, 0.15) is 0 Å². The largest absolute Gasteiger partial charge is 0.382 e. The number of nitrogens with one attached hydrogen (secondary N) is 1. The molecule has 104 valence electrons. The Bertz CT molecular complexity index is 153. The van der Waals surface area contributed by atoms with Crippen molar-refractivity contribution in [1.29, 1.82) is 0 Å². The standard InChI is InChI=1S/C14H31NO2/c1-5-8-13(3)12-17-14(4)11-15-9-7-10-16-6-2/h13-15H,5-12H2,1-4H3. The van der Waals surface area contributed by atoms with E-state index in [0.29, 0.717) is 12.0 Å². The molecule has 0 aliphatic carbocycles. The van der Waals surface area contributed by atoms with E-state index < -0.39 is 0 Å². The lowest BCUT2D eigenvalue weighted by atomic mass is 10.1. The Morgan fingerprint density at radius 2 is 1.94 bits per heavy atom. The molecule has 0 heterocycles. The Labute approximate surface area is 107 Å². The zero-order valence-electron chi connectivity index (χ0n) is 12.1. The van der Waals surface area contributed by atoms with Crippen LogP contribution in [0.5, 0.6) is 0 Å². The Balaban J connectivity index is 3.25. The van der Waals surface area contributed by atoms with Crippen LogP contribution in [-0.2, 0) is 9.47 Å². The van der Waals surface area contributed by atoms with Crippen molar-refractivity contribution < 1.29 is 9.47 Å². The van der Waals surface area contributed by atoms with E-state index in [0.717, 1.165) is 39.3 Å². The molecular weight excluding hydrogens is 214 g/mol. The molecule has 0 aliphatic rings. The molecule has 0 aromatic rings. The van der Waals surface area contributed by atoms with Crippen LogP contribution in [0, 0.1) is 5.92 Å². The van der Waals surface area contributed by atoms with Gasteiger partial charge in [0.05, 0.1) is 6.10 Å². The number of ether oxygens (including phenoxy) is 2. The van der Waals surface area contributed by atoms with Crippen molar-refractivity contribution in [2.45, 2.75) is 53.1 Å². The fourth-order valence-electron chi connectivity index (χ4n) is 1.71. The van der Waals surface area contributed by atoms with Crippen LogP contribution in [0.1, 0.15) is 47.0 Å².